The molecule has 1 aromatic rings. The van der Waals surface area contributed by atoms with E-state index < -0.39 is 48.6 Å². The zero-order valence-electron chi connectivity index (χ0n) is 19.9. The summed E-state index contributed by atoms with van der Waals surface area (Å²) < 4.78 is 10.7. The molecule has 4 N–H and O–H groups in total. The van der Waals surface area contributed by atoms with Gasteiger partial charge in [0.1, 0.15) is 12.1 Å². The zero-order chi connectivity index (χ0) is 25.8. The lowest BCUT2D eigenvalue weighted by atomic mass is 9.92. The van der Waals surface area contributed by atoms with E-state index in [2.05, 4.69) is 10.6 Å². The molecule has 35 heavy (non-hydrogen) atoms. The highest BCUT2D eigenvalue weighted by Crippen LogP contribution is 2.34. The van der Waals surface area contributed by atoms with Crippen molar-refractivity contribution in [3.8, 4) is 0 Å². The third-order valence-electron chi connectivity index (χ3n) is 5.34. The van der Waals surface area contributed by atoms with Crippen LogP contribution in [0.2, 0.25) is 0 Å². The van der Waals surface area contributed by atoms with E-state index in [9.17, 15) is 29.4 Å². The Balaban J connectivity index is 2.07. The van der Waals surface area contributed by atoms with Crippen molar-refractivity contribution in [3.05, 3.63) is 59.9 Å². The molecule has 0 bridgehead atoms. The van der Waals surface area contributed by atoms with E-state index in [0.29, 0.717) is 5.56 Å². The minimum atomic E-state index is -1.39. The van der Waals surface area contributed by atoms with E-state index in [-0.39, 0.29) is 31.1 Å². The minimum Gasteiger partial charge on any atom is -0.469 e. The van der Waals surface area contributed by atoms with Crippen molar-refractivity contribution in [2.24, 2.45) is 0 Å². The number of benzene rings is 1. The molecule has 1 aliphatic heterocycles. The molecule has 0 aromatic heterocycles. The van der Waals surface area contributed by atoms with E-state index in [1.807, 2.05) is 13.0 Å². The first kappa shape index (κ1) is 27.7. The Morgan fingerprint density at radius 1 is 1.14 bits per heavy atom. The van der Waals surface area contributed by atoms with Crippen molar-refractivity contribution in [3.63, 3.8) is 0 Å². The molecule has 0 aliphatic carbocycles. The first-order valence-corrected chi connectivity index (χ1v) is 11.4. The van der Waals surface area contributed by atoms with Crippen molar-refractivity contribution in [1.82, 2.24) is 10.6 Å². The fourth-order valence-corrected chi connectivity index (χ4v) is 3.27. The van der Waals surface area contributed by atoms with Crippen molar-refractivity contribution >= 4 is 23.6 Å². The molecule has 10 heteroatoms. The van der Waals surface area contributed by atoms with Gasteiger partial charge in [-0.25, -0.2) is 4.79 Å². The number of esters is 1. The second kappa shape index (κ2) is 13.4. The molecule has 2 rings (SSSR count). The summed E-state index contributed by atoms with van der Waals surface area (Å²) in [5.74, 6) is -2.69. The minimum absolute atomic E-state index is 0.0332. The number of ketones is 1. The Hall–Kier alpha value is -3.50. The topological polar surface area (TPSA) is 151 Å². The molecule has 190 valence electrons. The first-order valence-electron chi connectivity index (χ1n) is 11.4. The van der Waals surface area contributed by atoms with Gasteiger partial charge in [-0.3, -0.25) is 14.4 Å². The number of carbonyl (C=O) groups is 4. The van der Waals surface area contributed by atoms with Crippen molar-refractivity contribution in [1.29, 1.82) is 0 Å². The molecule has 0 fully saturated rings. The van der Waals surface area contributed by atoms with Crippen LogP contribution in [-0.4, -0.2) is 65.7 Å². The lowest BCUT2D eigenvalue weighted by Crippen LogP contribution is -2.46. The number of rotatable bonds is 13. The van der Waals surface area contributed by atoms with Gasteiger partial charge in [-0.15, -0.1) is 0 Å². The number of carbonyl (C=O) groups excluding carboxylic acids is 4. The molecular formula is C25H32N2O8. The Morgan fingerprint density at radius 3 is 2.46 bits per heavy atom. The maximum Gasteiger partial charge on any atom is 0.329 e. The predicted molar refractivity (Wildman–Crippen MR) is 126 cm³/mol. The number of hydrogen-bond donors (Lipinski definition) is 4. The summed E-state index contributed by atoms with van der Waals surface area (Å²) in [6.45, 7) is 2.31. The molecule has 0 radical (unpaired) electrons. The molecule has 10 nitrogen and oxygen atoms in total. The van der Waals surface area contributed by atoms with Crippen LogP contribution < -0.4 is 10.6 Å². The van der Waals surface area contributed by atoms with Gasteiger partial charge in [0.05, 0.1) is 13.2 Å². The van der Waals surface area contributed by atoms with E-state index in [0.717, 1.165) is 12.5 Å². The predicted octanol–water partition coefficient (Wildman–Crippen LogP) is 0.629. The molecule has 1 aliphatic rings. The third-order valence-corrected chi connectivity index (χ3v) is 5.34. The summed E-state index contributed by atoms with van der Waals surface area (Å²) in [6, 6.07) is 7.44. The lowest BCUT2D eigenvalue weighted by Gasteiger charge is -2.25. The standard InChI is InChI=1S/C25H32N2O8/c1-3-4-6-11-22(31)26-13-12-19(24(33)34-18(15-28)16-29)27-23(32)20-14-21(30)25(2,35-20)17-9-7-5-8-10-17/h4-10,14,18-19,28-29H,3,11-13,15-16H2,1-2H3,(H,26,31)(H,27,32)/b6-4-. The fourth-order valence-electron chi connectivity index (χ4n) is 3.27. The Labute approximate surface area is 204 Å². The maximum absolute atomic E-state index is 12.9. The summed E-state index contributed by atoms with van der Waals surface area (Å²) >= 11 is 0. The van der Waals surface area contributed by atoms with Gasteiger partial charge in [0.25, 0.3) is 5.91 Å². The molecule has 2 atom stereocenters. The smallest absolute Gasteiger partial charge is 0.329 e. The van der Waals surface area contributed by atoms with E-state index in [1.165, 1.54) is 0 Å². The number of nitrogens with one attached hydrogen (secondary N) is 2. The van der Waals surface area contributed by atoms with E-state index in [4.69, 9.17) is 9.47 Å². The molecule has 0 spiro atoms. The summed E-state index contributed by atoms with van der Waals surface area (Å²) in [4.78, 5) is 50.0. The van der Waals surface area contributed by atoms with E-state index >= 15 is 0 Å². The summed E-state index contributed by atoms with van der Waals surface area (Å²) in [5.41, 5.74) is -0.823. The lowest BCUT2D eigenvalue weighted by molar-refractivity contribution is -0.157. The normalized spacial score (nSPS) is 18.2. The largest absolute Gasteiger partial charge is 0.469 e. The average Bonchev–Trinajstić information content (AvgIpc) is 3.17. The monoisotopic (exact) mass is 488 g/mol. The second-order valence-corrected chi connectivity index (χ2v) is 8.05. The molecule has 2 amide bonds. The van der Waals surface area contributed by atoms with E-state index in [1.54, 1.807) is 43.3 Å². The molecule has 0 saturated carbocycles. The number of aliphatic hydroxyl groups excluding tert-OH is 2. The molecule has 1 aromatic carbocycles. The Morgan fingerprint density at radius 2 is 1.83 bits per heavy atom. The summed E-state index contributed by atoms with van der Waals surface area (Å²) in [5, 5.41) is 23.5. The summed E-state index contributed by atoms with van der Waals surface area (Å²) in [7, 11) is 0. The highest BCUT2D eigenvalue weighted by Gasteiger charge is 2.44. The van der Waals surface area contributed by atoms with Crippen LogP contribution in [0.25, 0.3) is 0 Å². The van der Waals surface area contributed by atoms with Crippen LogP contribution in [0.4, 0.5) is 0 Å². The van der Waals surface area contributed by atoms with Crippen LogP contribution >= 0.6 is 0 Å². The van der Waals surface area contributed by atoms with Gasteiger partial charge in [0.2, 0.25) is 11.7 Å². The number of hydrogen-bond acceptors (Lipinski definition) is 8. The van der Waals surface area contributed by atoms with Crippen molar-refractivity contribution in [2.45, 2.75) is 50.9 Å². The highest BCUT2D eigenvalue weighted by atomic mass is 16.6. The maximum atomic E-state index is 12.9. The van der Waals surface area contributed by atoms with Gasteiger partial charge < -0.3 is 30.3 Å². The van der Waals surface area contributed by atoms with Crippen molar-refractivity contribution in [2.75, 3.05) is 19.8 Å². The fraction of sp³-hybridized carbons (Fsp3) is 0.440. The molecule has 2 unspecified atom stereocenters. The van der Waals surface area contributed by atoms with Gasteiger partial charge in [-0.1, -0.05) is 49.4 Å². The van der Waals surface area contributed by atoms with Crippen molar-refractivity contribution < 1.29 is 38.9 Å². The van der Waals surface area contributed by atoms with Crippen LogP contribution in [0, 0.1) is 0 Å². The Bertz CT molecular complexity index is 955. The van der Waals surface area contributed by atoms with Gasteiger partial charge in [-0.2, -0.15) is 0 Å². The highest BCUT2D eigenvalue weighted by molar-refractivity contribution is 6.08. The SMILES string of the molecule is CC/C=C\CC(=O)NCCC(NC(=O)C1=CC(=O)C(C)(c2ccccc2)O1)C(=O)OC(CO)CO. The third kappa shape index (κ3) is 7.76. The first-order chi connectivity index (χ1) is 16.7. The molecule has 1 heterocycles. The number of aliphatic hydroxyl groups is 2. The second-order valence-electron chi connectivity index (χ2n) is 8.05. The van der Waals surface area contributed by atoms with Crippen LogP contribution in [0.3, 0.4) is 0 Å². The van der Waals surface area contributed by atoms with Gasteiger partial charge in [0, 0.05) is 24.6 Å². The number of allylic oxidation sites excluding steroid dienone is 1. The Kier molecular flexibility index (Phi) is 10.6. The number of amides is 2. The van der Waals surface area contributed by atoms with Crippen LogP contribution in [0.5, 0.6) is 0 Å². The zero-order valence-corrected chi connectivity index (χ0v) is 19.9. The quantitative estimate of drug-likeness (QED) is 0.233. The molecule has 0 saturated heterocycles. The number of ether oxygens (including phenoxy) is 2. The molecular weight excluding hydrogens is 456 g/mol. The van der Waals surface area contributed by atoms with Gasteiger partial charge >= 0.3 is 5.97 Å². The van der Waals surface area contributed by atoms with Gasteiger partial charge in [0.15, 0.2) is 11.4 Å². The summed E-state index contributed by atoms with van der Waals surface area (Å²) in [6.07, 6.45) is 4.41. The average molecular weight is 489 g/mol. The van der Waals surface area contributed by atoms with Gasteiger partial charge in [-0.05, 0) is 19.8 Å². The van der Waals surface area contributed by atoms with Crippen LogP contribution in [0.15, 0.2) is 54.3 Å². The van der Waals surface area contributed by atoms with Crippen LogP contribution in [0.1, 0.15) is 38.7 Å². The van der Waals surface area contributed by atoms with Crippen LogP contribution in [-0.2, 0) is 34.3 Å².